The summed E-state index contributed by atoms with van der Waals surface area (Å²) in [6, 6.07) is 9.30. The first-order valence-electron chi connectivity index (χ1n) is 8.50. The second-order valence-electron chi connectivity index (χ2n) is 6.43. The Bertz CT molecular complexity index is 1000. The summed E-state index contributed by atoms with van der Waals surface area (Å²) in [7, 11) is 1.58. The van der Waals surface area contributed by atoms with E-state index >= 15 is 0 Å². The Morgan fingerprint density at radius 2 is 1.81 bits per heavy atom. The summed E-state index contributed by atoms with van der Waals surface area (Å²) in [5.41, 5.74) is 5.84. The molecule has 3 rings (SSSR count). The van der Waals surface area contributed by atoms with Gasteiger partial charge in [0, 0.05) is 29.2 Å². The lowest BCUT2D eigenvalue weighted by atomic mass is 10.0. The zero-order chi connectivity index (χ0) is 18.8. The number of carbonyl (C=O) groups excluding carboxylic acids is 2. The molecule has 26 heavy (non-hydrogen) atoms. The first-order chi connectivity index (χ1) is 12.4. The van der Waals surface area contributed by atoms with Crippen LogP contribution >= 0.6 is 0 Å². The van der Waals surface area contributed by atoms with Crippen LogP contribution in [-0.2, 0) is 11.2 Å². The molecule has 0 aliphatic heterocycles. The van der Waals surface area contributed by atoms with Gasteiger partial charge in [-0.05, 0) is 49.6 Å². The van der Waals surface area contributed by atoms with Crippen molar-refractivity contribution in [3.05, 3.63) is 64.4 Å². The van der Waals surface area contributed by atoms with E-state index in [-0.39, 0.29) is 18.2 Å². The van der Waals surface area contributed by atoms with Gasteiger partial charge < -0.3 is 15.1 Å². The van der Waals surface area contributed by atoms with Crippen molar-refractivity contribution in [1.29, 1.82) is 0 Å². The molecule has 0 unspecified atom stereocenters. The Morgan fingerprint density at radius 3 is 2.54 bits per heavy atom. The van der Waals surface area contributed by atoms with Gasteiger partial charge >= 0.3 is 0 Å². The van der Waals surface area contributed by atoms with Crippen molar-refractivity contribution in [3.63, 3.8) is 0 Å². The van der Waals surface area contributed by atoms with Gasteiger partial charge in [0.05, 0.1) is 12.7 Å². The molecule has 3 aromatic rings. The predicted molar refractivity (Wildman–Crippen MR) is 103 cm³/mol. The van der Waals surface area contributed by atoms with Crippen molar-refractivity contribution >= 4 is 28.5 Å². The van der Waals surface area contributed by atoms with E-state index in [1.165, 1.54) is 0 Å². The van der Waals surface area contributed by atoms with Gasteiger partial charge in [0.2, 0.25) is 5.91 Å². The van der Waals surface area contributed by atoms with Crippen molar-refractivity contribution in [2.24, 2.45) is 0 Å². The third kappa shape index (κ3) is 3.20. The maximum absolute atomic E-state index is 12.5. The van der Waals surface area contributed by atoms with Crippen LogP contribution in [0.2, 0.25) is 0 Å². The van der Waals surface area contributed by atoms with Crippen LogP contribution in [0.25, 0.3) is 11.0 Å². The number of amides is 2. The molecule has 5 heteroatoms. The van der Waals surface area contributed by atoms with E-state index in [0.29, 0.717) is 11.3 Å². The number of aryl methyl sites for hydroxylation is 2. The van der Waals surface area contributed by atoms with Crippen LogP contribution < -0.4 is 10.6 Å². The number of nitrogens with one attached hydrogen (secondary N) is 2. The number of rotatable bonds is 4. The van der Waals surface area contributed by atoms with E-state index in [0.717, 1.165) is 33.2 Å². The van der Waals surface area contributed by atoms with Crippen LogP contribution in [0.3, 0.4) is 0 Å². The fourth-order valence-electron chi connectivity index (χ4n) is 3.04. The quantitative estimate of drug-likeness (QED) is 0.750. The van der Waals surface area contributed by atoms with Crippen LogP contribution in [0, 0.1) is 20.8 Å². The summed E-state index contributed by atoms with van der Waals surface area (Å²) >= 11 is 0. The minimum absolute atomic E-state index is 0.150. The van der Waals surface area contributed by atoms with Gasteiger partial charge in [0.15, 0.2) is 0 Å². The maximum atomic E-state index is 12.5. The molecule has 0 aliphatic carbocycles. The molecule has 1 aromatic heterocycles. The van der Waals surface area contributed by atoms with Gasteiger partial charge in [-0.3, -0.25) is 9.59 Å². The molecule has 0 saturated carbocycles. The first kappa shape index (κ1) is 17.7. The van der Waals surface area contributed by atoms with Gasteiger partial charge in [-0.25, -0.2) is 0 Å². The lowest BCUT2D eigenvalue weighted by molar-refractivity contribution is -0.115. The number of hydrogen-bond donors (Lipinski definition) is 2. The molecule has 5 nitrogen and oxygen atoms in total. The summed E-state index contributed by atoms with van der Waals surface area (Å²) < 4.78 is 5.67. The van der Waals surface area contributed by atoms with Crippen molar-refractivity contribution in [3.8, 4) is 0 Å². The molecular weight excluding hydrogens is 328 g/mol. The topological polar surface area (TPSA) is 71.3 Å². The molecule has 0 bridgehead atoms. The van der Waals surface area contributed by atoms with E-state index in [1.54, 1.807) is 31.5 Å². The molecule has 0 spiro atoms. The van der Waals surface area contributed by atoms with Gasteiger partial charge in [-0.15, -0.1) is 0 Å². The number of carbonyl (C=O) groups is 2. The van der Waals surface area contributed by atoms with Gasteiger partial charge in [-0.2, -0.15) is 0 Å². The molecule has 134 valence electrons. The van der Waals surface area contributed by atoms with E-state index in [2.05, 4.69) is 10.6 Å². The molecule has 2 aromatic carbocycles. The lowest BCUT2D eigenvalue weighted by Crippen LogP contribution is -2.20. The highest BCUT2D eigenvalue weighted by Crippen LogP contribution is 2.27. The predicted octanol–water partition coefficient (Wildman–Crippen LogP) is 3.90. The fraction of sp³-hybridized carbons (Fsp3) is 0.238. The average molecular weight is 350 g/mol. The van der Waals surface area contributed by atoms with Crippen LogP contribution in [-0.4, -0.2) is 18.9 Å². The van der Waals surface area contributed by atoms with E-state index < -0.39 is 0 Å². The molecule has 2 N–H and O–H groups in total. The highest BCUT2D eigenvalue weighted by atomic mass is 16.3. The fourth-order valence-corrected chi connectivity index (χ4v) is 3.04. The number of anilines is 1. The minimum atomic E-state index is -0.176. The largest absolute Gasteiger partial charge is 0.464 e. The van der Waals surface area contributed by atoms with E-state index in [1.807, 2.05) is 32.9 Å². The zero-order valence-electron chi connectivity index (χ0n) is 15.4. The highest BCUT2D eigenvalue weighted by Gasteiger charge is 2.15. The number of benzene rings is 2. The summed E-state index contributed by atoms with van der Waals surface area (Å²) in [5.74, 6) is -0.326. The second-order valence-corrected chi connectivity index (χ2v) is 6.43. The van der Waals surface area contributed by atoms with Crippen LogP contribution in [0.4, 0.5) is 5.69 Å². The molecule has 0 aliphatic rings. The molecule has 2 amide bonds. The molecule has 0 atom stereocenters. The Balaban J connectivity index is 1.82. The number of fused-ring (bicyclic) bond motifs is 1. The Labute approximate surface area is 152 Å². The van der Waals surface area contributed by atoms with Crippen LogP contribution in [0.5, 0.6) is 0 Å². The van der Waals surface area contributed by atoms with Crippen LogP contribution in [0.15, 0.2) is 41.0 Å². The number of furan rings is 1. The third-order valence-corrected chi connectivity index (χ3v) is 4.77. The second kappa shape index (κ2) is 7.04. The molecule has 0 saturated heterocycles. The zero-order valence-corrected chi connectivity index (χ0v) is 15.4. The average Bonchev–Trinajstić information content (AvgIpc) is 3.02. The van der Waals surface area contributed by atoms with Gasteiger partial charge in [0.25, 0.3) is 5.91 Å². The molecular formula is C21H22N2O3. The minimum Gasteiger partial charge on any atom is -0.464 e. The van der Waals surface area contributed by atoms with Gasteiger partial charge in [0.1, 0.15) is 5.58 Å². The summed E-state index contributed by atoms with van der Waals surface area (Å²) in [5, 5.41) is 6.46. The van der Waals surface area contributed by atoms with E-state index in [9.17, 15) is 9.59 Å². The SMILES string of the molecule is CNC(=O)c1cccc(NC(=O)Cc2coc3c(C)c(C)ccc23)c1C. The summed E-state index contributed by atoms with van der Waals surface area (Å²) in [6.45, 7) is 5.87. The molecule has 1 heterocycles. The van der Waals surface area contributed by atoms with Gasteiger partial charge in [-0.1, -0.05) is 18.2 Å². The summed E-state index contributed by atoms with van der Waals surface area (Å²) in [6.07, 6.45) is 1.85. The standard InChI is InChI=1S/C21H22N2O3/c1-12-8-9-17-15(11-26-20(17)13(12)2)10-19(24)23-18-7-5-6-16(14(18)3)21(25)22-4/h5-9,11H,10H2,1-4H3,(H,22,25)(H,23,24). The molecule has 0 radical (unpaired) electrons. The Kier molecular flexibility index (Phi) is 4.80. The smallest absolute Gasteiger partial charge is 0.251 e. The van der Waals surface area contributed by atoms with Crippen molar-refractivity contribution < 1.29 is 14.0 Å². The lowest BCUT2D eigenvalue weighted by Gasteiger charge is -2.11. The molecule has 0 fully saturated rings. The van der Waals surface area contributed by atoms with Crippen molar-refractivity contribution in [1.82, 2.24) is 5.32 Å². The monoisotopic (exact) mass is 350 g/mol. The summed E-state index contributed by atoms with van der Waals surface area (Å²) in [4.78, 5) is 24.4. The Morgan fingerprint density at radius 1 is 1.04 bits per heavy atom. The maximum Gasteiger partial charge on any atom is 0.251 e. The normalized spacial score (nSPS) is 10.8. The first-order valence-corrected chi connectivity index (χ1v) is 8.50. The van der Waals surface area contributed by atoms with E-state index in [4.69, 9.17) is 4.42 Å². The van der Waals surface area contributed by atoms with Crippen LogP contribution in [0.1, 0.15) is 32.6 Å². The van der Waals surface area contributed by atoms with Crippen molar-refractivity contribution in [2.45, 2.75) is 27.2 Å². The third-order valence-electron chi connectivity index (χ3n) is 4.77. The highest BCUT2D eigenvalue weighted by molar-refractivity contribution is 6.00. The number of hydrogen-bond acceptors (Lipinski definition) is 3. The Hall–Kier alpha value is -3.08. The van der Waals surface area contributed by atoms with Crippen molar-refractivity contribution in [2.75, 3.05) is 12.4 Å².